The van der Waals surface area contributed by atoms with Crippen molar-refractivity contribution in [3.8, 4) is 22.3 Å². The Morgan fingerprint density at radius 2 is 0.547 bits per heavy atom. The fraction of sp³-hybridized carbons (Fsp3) is 0.366. The molecule has 0 aliphatic heterocycles. The summed E-state index contributed by atoms with van der Waals surface area (Å²) in [5.74, 6) is 0. The van der Waals surface area contributed by atoms with Crippen LogP contribution in [0.5, 0.6) is 0 Å². The van der Waals surface area contributed by atoms with Gasteiger partial charge in [-0.1, -0.05) is 295 Å². The Hall–Kier alpha value is -6.89. The second-order valence-corrected chi connectivity index (χ2v) is 42.0. The highest BCUT2D eigenvalue weighted by Crippen LogP contribution is 2.57. The van der Waals surface area contributed by atoms with Gasteiger partial charge in [0, 0.05) is 7.05 Å². The van der Waals surface area contributed by atoms with Gasteiger partial charge < -0.3 is 54.3 Å². The van der Waals surface area contributed by atoms with Crippen LogP contribution in [0.25, 0.3) is 65.3 Å². The molecule has 1 unspecified atom stereocenters. The number of benzene rings is 12. The van der Waals surface area contributed by atoms with E-state index in [0.717, 1.165) is 105 Å². The van der Waals surface area contributed by atoms with Crippen LogP contribution < -0.4 is 0 Å². The molecule has 12 aromatic rings. The van der Waals surface area contributed by atoms with Crippen LogP contribution >= 0.6 is 62.5 Å². The van der Waals surface area contributed by atoms with Gasteiger partial charge in [0.25, 0.3) is 0 Å². The topological polar surface area (TPSA) is 226 Å². The maximum atomic E-state index is 13.0. The van der Waals surface area contributed by atoms with Gasteiger partial charge in [0.05, 0.1) is 116 Å². The van der Waals surface area contributed by atoms with Crippen LogP contribution in [0.15, 0.2) is 284 Å². The average molecular weight is 1910 g/mol. The first-order valence-corrected chi connectivity index (χ1v) is 56.5. The number of hydrogen-bond acceptors (Lipinski definition) is 19. The molecule has 0 bridgehead atoms. The van der Waals surface area contributed by atoms with Crippen molar-refractivity contribution in [1.82, 2.24) is 0 Å². The van der Waals surface area contributed by atoms with E-state index in [0.29, 0.717) is 110 Å². The molecule has 0 aliphatic carbocycles. The van der Waals surface area contributed by atoms with Crippen LogP contribution in [-0.4, -0.2) is 106 Å². The smallest absolute Gasteiger partial charge is 0.309 e. The first kappa shape index (κ1) is 115. The summed E-state index contributed by atoms with van der Waals surface area (Å²) in [5.41, 5.74) is 10.4. The fourth-order valence-corrected chi connectivity index (χ4v) is 23.4. The lowest BCUT2D eigenvalue weighted by Crippen LogP contribution is -2.00. The summed E-state index contributed by atoms with van der Waals surface area (Å²) < 4.78 is 143. The summed E-state index contributed by atoms with van der Waals surface area (Å²) in [6, 6.07) is 92.6. The van der Waals surface area contributed by atoms with E-state index in [1.165, 1.54) is 17.1 Å². The van der Waals surface area contributed by atoms with Crippen LogP contribution in [0.3, 0.4) is 0 Å². The molecule has 0 radical (unpaired) electrons. The van der Waals surface area contributed by atoms with Gasteiger partial charge in [-0.15, -0.1) is 8.58 Å². The van der Waals surface area contributed by atoms with Crippen LogP contribution in [0.1, 0.15) is 138 Å². The van der Waals surface area contributed by atoms with Crippen molar-refractivity contribution < 1.29 is 81.7 Å². The Balaban J connectivity index is 0.000000389. The second-order valence-electron chi connectivity index (χ2n) is 27.4. The van der Waals surface area contributed by atoms with E-state index in [2.05, 4.69) is 66.9 Å². The molecule has 19 nitrogen and oxygen atoms in total. The van der Waals surface area contributed by atoms with Gasteiger partial charge in [-0.25, -0.2) is 0 Å². The molecular formula is C101H141NO18P8. The maximum absolute atomic E-state index is 13.0. The van der Waals surface area contributed by atoms with Crippen LogP contribution in [0.4, 0.5) is 0 Å². The Bertz CT molecular complexity index is 5270. The molecule has 0 N–H and O–H groups in total. The SMILES string of the molecule is C.C.CCOP(=O)(Cc1c2ccccc2cc2ccccc12)OCC.CCOP(=O)(Cc1ccc(-c2ccccc2)cc1)OCC.CCOP(=O)(Cc1ccc2ccccc2c1)OCC.CCOP(=O)(Cc1cccc2ccccc12)OCC.CCOP(=O)(Cc1ccccc1)OCC.CCOP(=O)(Cc1ccccc1-c1ccccc1)OCC.CCPC.CN=PC. The van der Waals surface area contributed by atoms with E-state index in [1.54, 1.807) is 7.05 Å². The Kier molecular flexibility index (Phi) is 57.7. The molecule has 12 aromatic carbocycles. The monoisotopic (exact) mass is 1900 g/mol. The zero-order valence-electron chi connectivity index (χ0n) is 76.4. The van der Waals surface area contributed by atoms with Crippen molar-refractivity contribution in [1.29, 1.82) is 0 Å². The molecule has 12 rings (SSSR count). The van der Waals surface area contributed by atoms with Crippen molar-refractivity contribution >= 4 is 106 Å². The fourth-order valence-electron chi connectivity index (χ4n) is 13.0. The highest BCUT2D eigenvalue weighted by atomic mass is 31.2. The van der Waals surface area contributed by atoms with Gasteiger partial charge in [0.1, 0.15) is 0 Å². The molecule has 0 aliphatic rings. The van der Waals surface area contributed by atoms with E-state index < -0.39 is 45.6 Å². The molecular weight excluding hydrogens is 1760 g/mol. The van der Waals surface area contributed by atoms with Crippen molar-refractivity contribution in [3.63, 3.8) is 0 Å². The summed E-state index contributed by atoms with van der Waals surface area (Å²) >= 11 is 0. The van der Waals surface area contributed by atoms with Crippen LogP contribution in [0.2, 0.25) is 0 Å². The van der Waals surface area contributed by atoms with E-state index in [4.69, 9.17) is 54.3 Å². The third-order valence-electron chi connectivity index (χ3n) is 18.3. The molecule has 128 heavy (non-hydrogen) atoms. The zero-order chi connectivity index (χ0) is 92.0. The predicted octanol–water partition coefficient (Wildman–Crippen LogP) is 32.6. The molecule has 0 amide bonds. The summed E-state index contributed by atoms with van der Waals surface area (Å²) in [6.07, 6.45) is 3.21. The summed E-state index contributed by atoms with van der Waals surface area (Å²) in [6.45, 7) is 33.0. The molecule has 0 aromatic heterocycles. The molecule has 0 saturated heterocycles. The molecule has 0 spiro atoms. The molecule has 1 atom stereocenters. The van der Waals surface area contributed by atoms with Gasteiger partial charge >= 0.3 is 45.6 Å². The molecule has 0 heterocycles. The Labute approximate surface area is 769 Å². The predicted molar refractivity (Wildman–Crippen MR) is 546 cm³/mol. The molecule has 27 heteroatoms. The van der Waals surface area contributed by atoms with E-state index in [1.807, 2.05) is 320 Å². The lowest BCUT2D eigenvalue weighted by atomic mass is 9.98. The molecule has 0 fully saturated rings. The Morgan fingerprint density at radius 3 is 0.953 bits per heavy atom. The minimum Gasteiger partial charge on any atom is -0.309 e. The number of nitrogens with zero attached hydrogens (tertiary/aromatic N) is 1. The Morgan fingerprint density at radius 1 is 0.266 bits per heavy atom. The first-order valence-electron chi connectivity index (χ1n) is 43.2. The first-order chi connectivity index (χ1) is 60.9. The number of hydrogen-bond donors (Lipinski definition) is 0. The second kappa shape index (κ2) is 64.0. The minimum absolute atomic E-state index is 0. The largest absolute Gasteiger partial charge is 0.335 e. The average Bonchev–Trinajstić information content (AvgIpc) is 0.762. The summed E-state index contributed by atoms with van der Waals surface area (Å²) in [5, 5.41) is 9.04. The van der Waals surface area contributed by atoms with E-state index >= 15 is 0 Å². The maximum Gasteiger partial charge on any atom is 0.335 e. The van der Waals surface area contributed by atoms with Crippen molar-refractivity contribution in [2.24, 2.45) is 4.74 Å². The van der Waals surface area contributed by atoms with Gasteiger partial charge in [-0.05, 0) is 216 Å². The van der Waals surface area contributed by atoms with Crippen LogP contribution in [0, 0.1) is 0 Å². The van der Waals surface area contributed by atoms with Gasteiger partial charge in [-0.2, -0.15) is 0 Å². The van der Waals surface area contributed by atoms with E-state index in [-0.39, 0.29) is 21.0 Å². The third kappa shape index (κ3) is 41.1. The van der Waals surface area contributed by atoms with E-state index in [9.17, 15) is 27.4 Å². The highest BCUT2D eigenvalue weighted by molar-refractivity contribution is 7.54. The minimum atomic E-state index is -3.15. The molecule has 0 saturated carbocycles. The number of fused-ring (bicyclic) bond motifs is 4. The van der Waals surface area contributed by atoms with Gasteiger partial charge in [0.2, 0.25) is 0 Å². The van der Waals surface area contributed by atoms with Crippen molar-refractivity contribution in [2.45, 2.75) is 142 Å². The molecule has 698 valence electrons. The van der Waals surface area contributed by atoms with Gasteiger partial charge in [-0.3, -0.25) is 32.1 Å². The van der Waals surface area contributed by atoms with Gasteiger partial charge in [0.15, 0.2) is 0 Å². The third-order valence-corrected chi connectivity index (χ3v) is 31.6. The van der Waals surface area contributed by atoms with Crippen molar-refractivity contribution in [2.75, 3.05) is 106 Å². The standard InChI is InChI=1S/C19H21O3P.2C17H21O3P.2C15H19O3P.C11H17O3P.C3H9P.C2H6NP.2CH4/c1-3-21-23(20,22-4-2)14-19-17-11-7-5-9-15(17)13-16-10-6-8-12-18(16)19;1-3-19-21(18,20-4-2)14-16-12-8-9-13-17(16)15-10-6-5-7-11-15;1-3-19-21(18,20-4-2)14-15-10-12-17(13-11-15)16-8-6-5-7-9-16;1-3-17-19(16,18-4-2)12-14-10-7-9-13-8-5-6-11-15(13)14;1-3-17-19(16,18-4-2)12-13-9-10-14-7-5-6-8-15(14)11-13;1-3-13-15(12,14-4-2)10-11-8-6-5-7-9-11;2*1-3-4-2;;/h5-13H,3-4,14H2,1-2H3;2*5-13H,3-4,14H2,1-2H3;2*5-11H,3-4,12H2,1-2H3;5-9H,3-4,10H2,1-2H3;4H,3H2,1-2H3;1-2H3;2*1H4. The highest BCUT2D eigenvalue weighted by Gasteiger charge is 2.30. The summed E-state index contributed by atoms with van der Waals surface area (Å²) in [4.78, 5) is 0. The van der Waals surface area contributed by atoms with Crippen molar-refractivity contribution in [3.05, 3.63) is 312 Å². The normalized spacial score (nSPS) is 11.5. The lowest BCUT2D eigenvalue weighted by Gasteiger charge is -2.19. The lowest BCUT2D eigenvalue weighted by molar-refractivity contribution is 0.218. The number of rotatable bonds is 39. The zero-order valence-corrected chi connectivity index (χ0v) is 83.7. The summed E-state index contributed by atoms with van der Waals surface area (Å²) in [7, 11) is -14.2. The quantitative estimate of drug-likeness (QED) is 0.0258. The van der Waals surface area contributed by atoms with Crippen LogP contribution in [-0.2, 0) is 119 Å².